The monoisotopic (exact) mass is 149 g/mol. The molecule has 0 heterocycles. The maximum absolute atomic E-state index is 9.68. The molecule has 0 aliphatic carbocycles. The van der Waals surface area contributed by atoms with Crippen LogP contribution in [0.5, 0.6) is 0 Å². The standard InChI is InChI=1S/C5H11O2.2Na/c1-2-4-7-5-3-6;;/h2-5H2,1H3;;/q-1;;+1. The third-order valence-corrected chi connectivity index (χ3v) is 0.576. The molecule has 0 rings (SSSR count). The molecule has 0 N–H and O–H groups in total. The van der Waals surface area contributed by atoms with Crippen LogP contribution in [0.15, 0.2) is 0 Å². The van der Waals surface area contributed by atoms with E-state index < -0.39 is 0 Å². The van der Waals surface area contributed by atoms with Crippen molar-refractivity contribution in [1.82, 2.24) is 0 Å². The van der Waals surface area contributed by atoms with Crippen LogP contribution < -0.4 is 34.7 Å². The predicted octanol–water partition coefficient (Wildman–Crippen LogP) is -3.60. The molecule has 0 spiro atoms. The zero-order valence-electron chi connectivity index (χ0n) is 6.64. The first kappa shape index (κ1) is 17.1. The number of ether oxygens (including phenoxy) is 1. The van der Waals surface area contributed by atoms with E-state index in [1.54, 1.807) is 0 Å². The molecule has 0 aliphatic rings. The van der Waals surface area contributed by atoms with Crippen molar-refractivity contribution >= 4 is 29.6 Å². The molecule has 4 heteroatoms. The number of hydrogen-bond donors (Lipinski definition) is 0. The summed E-state index contributed by atoms with van der Waals surface area (Å²) in [5.74, 6) is 0. The van der Waals surface area contributed by atoms with Gasteiger partial charge in [-0.1, -0.05) is 6.92 Å². The van der Waals surface area contributed by atoms with E-state index in [0.29, 0.717) is 6.61 Å². The Kier molecular flexibility index (Phi) is 31.4. The molecular formula is C5H11Na2O2. The summed E-state index contributed by atoms with van der Waals surface area (Å²) in [7, 11) is 0. The van der Waals surface area contributed by atoms with E-state index in [1.807, 2.05) is 6.92 Å². The van der Waals surface area contributed by atoms with Gasteiger partial charge in [-0.3, -0.25) is 0 Å². The molecule has 0 aromatic carbocycles. The normalized spacial score (nSPS) is 7.33. The minimum atomic E-state index is -0.111. The Morgan fingerprint density at radius 2 is 1.89 bits per heavy atom. The summed E-state index contributed by atoms with van der Waals surface area (Å²) in [6.45, 7) is 3.00. The number of rotatable bonds is 4. The quantitative estimate of drug-likeness (QED) is 0.305. The summed E-state index contributed by atoms with van der Waals surface area (Å²) in [5, 5.41) is 9.68. The summed E-state index contributed by atoms with van der Waals surface area (Å²) < 4.78 is 4.82. The average molecular weight is 149 g/mol. The van der Waals surface area contributed by atoms with Crippen molar-refractivity contribution in [1.29, 1.82) is 0 Å². The second-order valence-corrected chi connectivity index (χ2v) is 1.32. The Labute approximate surface area is 101 Å². The Balaban J connectivity index is -0.000000180. The van der Waals surface area contributed by atoms with Gasteiger partial charge in [-0.05, 0) is 6.42 Å². The minimum Gasteiger partial charge on any atom is -0.853 e. The summed E-state index contributed by atoms with van der Waals surface area (Å²) in [6, 6.07) is 0. The van der Waals surface area contributed by atoms with E-state index >= 15 is 0 Å². The molecule has 0 fully saturated rings. The van der Waals surface area contributed by atoms with Gasteiger partial charge in [0.15, 0.2) is 0 Å². The SMILES string of the molecule is CCCOCC[O-].[Na+].[Na]. The molecule has 0 amide bonds. The molecular weight excluding hydrogens is 138 g/mol. The maximum Gasteiger partial charge on any atom is 1.00 e. The molecule has 0 aromatic rings. The van der Waals surface area contributed by atoms with Crippen molar-refractivity contribution in [3.05, 3.63) is 0 Å². The fourth-order valence-corrected chi connectivity index (χ4v) is 0.305. The van der Waals surface area contributed by atoms with Crippen molar-refractivity contribution in [2.45, 2.75) is 13.3 Å². The fraction of sp³-hybridized carbons (Fsp3) is 1.00. The summed E-state index contributed by atoms with van der Waals surface area (Å²) in [6.07, 6.45) is 1.00. The van der Waals surface area contributed by atoms with Crippen LogP contribution in [0.25, 0.3) is 0 Å². The van der Waals surface area contributed by atoms with Crippen molar-refractivity contribution in [2.24, 2.45) is 0 Å². The van der Waals surface area contributed by atoms with Gasteiger partial charge in [0.1, 0.15) is 0 Å². The van der Waals surface area contributed by atoms with Crippen molar-refractivity contribution in [3.8, 4) is 0 Å². The molecule has 0 aromatic heterocycles. The van der Waals surface area contributed by atoms with Crippen LogP contribution >= 0.6 is 0 Å². The second kappa shape index (κ2) is 16.5. The molecule has 45 valence electrons. The number of hydrogen-bond acceptors (Lipinski definition) is 2. The van der Waals surface area contributed by atoms with Gasteiger partial charge in [0.2, 0.25) is 0 Å². The molecule has 9 heavy (non-hydrogen) atoms. The van der Waals surface area contributed by atoms with Gasteiger partial charge in [0.05, 0.1) is 0 Å². The van der Waals surface area contributed by atoms with E-state index in [0.717, 1.165) is 13.0 Å². The van der Waals surface area contributed by atoms with Gasteiger partial charge in [-0.25, -0.2) is 0 Å². The first-order chi connectivity index (χ1) is 3.41. The van der Waals surface area contributed by atoms with Gasteiger partial charge in [-0.15, -0.1) is 6.61 Å². The smallest absolute Gasteiger partial charge is 0.853 e. The third kappa shape index (κ3) is 17.8. The topological polar surface area (TPSA) is 32.3 Å². The van der Waals surface area contributed by atoms with Gasteiger partial charge >= 0.3 is 29.6 Å². The van der Waals surface area contributed by atoms with E-state index in [1.165, 1.54) is 0 Å². The molecule has 0 saturated heterocycles. The first-order valence-electron chi connectivity index (χ1n) is 2.57. The average Bonchev–Trinajstić information content (AvgIpc) is 1.69. The second-order valence-electron chi connectivity index (χ2n) is 1.32. The molecule has 0 unspecified atom stereocenters. The Hall–Kier alpha value is 1.92. The largest absolute Gasteiger partial charge is 1.00 e. The van der Waals surface area contributed by atoms with E-state index in [2.05, 4.69) is 0 Å². The fourth-order valence-electron chi connectivity index (χ4n) is 0.305. The van der Waals surface area contributed by atoms with E-state index in [4.69, 9.17) is 4.74 Å². The zero-order valence-corrected chi connectivity index (χ0v) is 10.6. The Morgan fingerprint density at radius 3 is 2.22 bits per heavy atom. The van der Waals surface area contributed by atoms with Crippen molar-refractivity contribution < 1.29 is 39.4 Å². The van der Waals surface area contributed by atoms with Crippen LogP contribution in [-0.4, -0.2) is 49.4 Å². The van der Waals surface area contributed by atoms with E-state index in [9.17, 15) is 5.11 Å². The zero-order chi connectivity index (χ0) is 5.54. The van der Waals surface area contributed by atoms with Gasteiger partial charge in [-0.2, -0.15) is 0 Å². The van der Waals surface area contributed by atoms with E-state index in [-0.39, 0.29) is 65.7 Å². The summed E-state index contributed by atoms with van der Waals surface area (Å²) in [5.41, 5.74) is 0. The van der Waals surface area contributed by atoms with Crippen LogP contribution in [0.4, 0.5) is 0 Å². The Morgan fingerprint density at radius 1 is 1.33 bits per heavy atom. The van der Waals surface area contributed by atoms with Crippen LogP contribution in [0, 0.1) is 0 Å². The van der Waals surface area contributed by atoms with Gasteiger partial charge in [0, 0.05) is 42.8 Å². The first-order valence-corrected chi connectivity index (χ1v) is 2.57. The summed E-state index contributed by atoms with van der Waals surface area (Å²) in [4.78, 5) is 0. The van der Waals surface area contributed by atoms with Crippen LogP contribution in [-0.2, 0) is 4.74 Å². The van der Waals surface area contributed by atoms with Crippen molar-refractivity contribution in [3.63, 3.8) is 0 Å². The van der Waals surface area contributed by atoms with Gasteiger partial charge < -0.3 is 9.84 Å². The molecule has 0 saturated carbocycles. The minimum absolute atomic E-state index is 0. The Bertz CT molecular complexity index is 32.1. The molecule has 0 bridgehead atoms. The molecule has 0 aliphatic heterocycles. The van der Waals surface area contributed by atoms with Crippen molar-refractivity contribution in [2.75, 3.05) is 19.8 Å². The molecule has 0 atom stereocenters. The predicted molar refractivity (Wildman–Crippen MR) is 31.7 cm³/mol. The van der Waals surface area contributed by atoms with Crippen LogP contribution in [0.1, 0.15) is 13.3 Å². The third-order valence-electron chi connectivity index (χ3n) is 0.576. The van der Waals surface area contributed by atoms with Gasteiger partial charge in [0.25, 0.3) is 0 Å². The molecule has 2 nitrogen and oxygen atoms in total. The summed E-state index contributed by atoms with van der Waals surface area (Å²) >= 11 is 0. The maximum atomic E-state index is 9.68. The van der Waals surface area contributed by atoms with Crippen LogP contribution in [0.2, 0.25) is 0 Å². The van der Waals surface area contributed by atoms with Crippen LogP contribution in [0.3, 0.4) is 0 Å². The molecule has 1 radical (unpaired) electrons.